The van der Waals surface area contributed by atoms with Crippen LogP contribution >= 0.6 is 0 Å². The average Bonchev–Trinajstić information content (AvgIpc) is 2.32. The molecule has 0 bridgehead atoms. The van der Waals surface area contributed by atoms with Crippen molar-refractivity contribution in [3.63, 3.8) is 0 Å². The molecule has 0 aromatic carbocycles. The third kappa shape index (κ3) is 2.88. The zero-order valence-corrected chi connectivity index (χ0v) is 9.14. The summed E-state index contributed by atoms with van der Waals surface area (Å²) >= 11 is 0. The summed E-state index contributed by atoms with van der Waals surface area (Å²) in [5, 5.41) is 12.3. The van der Waals surface area contributed by atoms with Gasteiger partial charge in [-0.15, -0.1) is 0 Å². The lowest BCUT2D eigenvalue weighted by atomic mass is 9.99. The number of nitrogens with one attached hydrogen (secondary N) is 1. The van der Waals surface area contributed by atoms with Crippen molar-refractivity contribution in [2.24, 2.45) is 0 Å². The molecule has 17 heavy (non-hydrogen) atoms. The summed E-state index contributed by atoms with van der Waals surface area (Å²) in [5.74, 6) is -1.11. The van der Waals surface area contributed by atoms with Crippen LogP contribution in [0.15, 0.2) is 30.5 Å². The number of carbonyl (C=O) groups excluding carboxylic acids is 1. The molecule has 1 amide bonds. The van der Waals surface area contributed by atoms with E-state index in [1.807, 2.05) is 6.08 Å². The summed E-state index contributed by atoms with van der Waals surface area (Å²) in [6.45, 7) is 0. The standard InChI is InChI=1S/C12H13FN2O2/c13-11-7-8(5-6-14-11)12(17)15-9-3-1-2-4-10(9)16/h1,3,5-7,9-10,16H,2,4H2,(H,15,17). The first-order chi connectivity index (χ1) is 8.16. The largest absolute Gasteiger partial charge is 0.391 e. The monoisotopic (exact) mass is 236 g/mol. The van der Waals surface area contributed by atoms with Crippen LogP contribution in [0.5, 0.6) is 0 Å². The topological polar surface area (TPSA) is 62.2 Å². The molecular formula is C12H13FN2O2. The second kappa shape index (κ2) is 5.05. The molecule has 2 N–H and O–H groups in total. The van der Waals surface area contributed by atoms with Crippen molar-refractivity contribution in [2.45, 2.75) is 25.0 Å². The Bertz CT molecular complexity index is 448. The molecule has 0 spiro atoms. The molecule has 2 rings (SSSR count). The molecule has 2 unspecified atom stereocenters. The highest BCUT2D eigenvalue weighted by Gasteiger charge is 2.21. The molecule has 0 radical (unpaired) electrons. The zero-order valence-electron chi connectivity index (χ0n) is 9.14. The third-order valence-corrected chi connectivity index (χ3v) is 2.67. The molecule has 2 atom stereocenters. The maximum absolute atomic E-state index is 12.8. The summed E-state index contributed by atoms with van der Waals surface area (Å²) < 4.78 is 12.8. The number of nitrogens with zero attached hydrogens (tertiary/aromatic N) is 1. The van der Waals surface area contributed by atoms with E-state index in [9.17, 15) is 14.3 Å². The van der Waals surface area contributed by atoms with E-state index in [1.54, 1.807) is 6.08 Å². The first-order valence-corrected chi connectivity index (χ1v) is 5.44. The quantitative estimate of drug-likeness (QED) is 0.595. The molecular weight excluding hydrogens is 223 g/mol. The van der Waals surface area contributed by atoms with Gasteiger partial charge in [0.1, 0.15) is 0 Å². The molecule has 0 aliphatic heterocycles. The number of halogens is 1. The van der Waals surface area contributed by atoms with Crippen molar-refractivity contribution < 1.29 is 14.3 Å². The minimum absolute atomic E-state index is 0.198. The fourth-order valence-corrected chi connectivity index (χ4v) is 1.74. The minimum Gasteiger partial charge on any atom is -0.391 e. The van der Waals surface area contributed by atoms with E-state index < -0.39 is 24.0 Å². The Morgan fingerprint density at radius 3 is 3.12 bits per heavy atom. The van der Waals surface area contributed by atoms with Gasteiger partial charge in [-0.1, -0.05) is 12.2 Å². The Labute approximate surface area is 98.2 Å². The van der Waals surface area contributed by atoms with Crippen LogP contribution in [0, 0.1) is 5.95 Å². The first-order valence-electron chi connectivity index (χ1n) is 5.44. The van der Waals surface area contributed by atoms with Gasteiger partial charge in [-0.25, -0.2) is 4.98 Å². The van der Waals surface area contributed by atoms with E-state index >= 15 is 0 Å². The van der Waals surface area contributed by atoms with Crippen molar-refractivity contribution in [3.8, 4) is 0 Å². The van der Waals surface area contributed by atoms with Crippen LogP contribution in [0.4, 0.5) is 4.39 Å². The van der Waals surface area contributed by atoms with E-state index in [0.717, 1.165) is 12.5 Å². The Balaban J connectivity index is 2.06. The van der Waals surface area contributed by atoms with Gasteiger partial charge in [0.05, 0.1) is 12.1 Å². The van der Waals surface area contributed by atoms with Crippen LogP contribution in [0.25, 0.3) is 0 Å². The van der Waals surface area contributed by atoms with E-state index in [1.165, 1.54) is 12.3 Å². The van der Waals surface area contributed by atoms with Gasteiger partial charge in [0.2, 0.25) is 5.95 Å². The fourth-order valence-electron chi connectivity index (χ4n) is 1.74. The highest BCUT2D eigenvalue weighted by Crippen LogP contribution is 2.12. The van der Waals surface area contributed by atoms with Crippen LogP contribution in [-0.4, -0.2) is 28.1 Å². The number of hydrogen-bond donors (Lipinski definition) is 2. The molecule has 90 valence electrons. The summed E-state index contributed by atoms with van der Waals surface area (Å²) in [7, 11) is 0. The van der Waals surface area contributed by atoms with Gasteiger partial charge in [0.15, 0.2) is 0 Å². The van der Waals surface area contributed by atoms with Gasteiger partial charge in [-0.2, -0.15) is 4.39 Å². The van der Waals surface area contributed by atoms with Crippen LogP contribution in [-0.2, 0) is 0 Å². The van der Waals surface area contributed by atoms with Crippen LogP contribution in [0.2, 0.25) is 0 Å². The molecule has 0 fully saturated rings. The number of aliphatic hydroxyl groups excluding tert-OH is 1. The Hall–Kier alpha value is -1.75. The predicted molar refractivity (Wildman–Crippen MR) is 59.8 cm³/mol. The molecule has 0 saturated heterocycles. The van der Waals surface area contributed by atoms with Crippen molar-refractivity contribution in [1.82, 2.24) is 10.3 Å². The maximum Gasteiger partial charge on any atom is 0.252 e. The average molecular weight is 236 g/mol. The molecule has 0 saturated carbocycles. The SMILES string of the molecule is O=C(NC1C=CCCC1O)c1ccnc(F)c1. The molecule has 1 aliphatic carbocycles. The molecule has 5 heteroatoms. The number of hydrogen-bond acceptors (Lipinski definition) is 3. The number of allylic oxidation sites excluding steroid dienone is 1. The van der Waals surface area contributed by atoms with Crippen molar-refractivity contribution in [1.29, 1.82) is 0 Å². The van der Waals surface area contributed by atoms with Crippen LogP contribution in [0.3, 0.4) is 0 Å². The number of rotatable bonds is 2. The van der Waals surface area contributed by atoms with E-state index in [4.69, 9.17) is 0 Å². The van der Waals surface area contributed by atoms with Gasteiger partial charge >= 0.3 is 0 Å². The fraction of sp³-hybridized carbons (Fsp3) is 0.333. The number of pyridine rings is 1. The van der Waals surface area contributed by atoms with E-state index in [-0.39, 0.29) is 5.56 Å². The number of amides is 1. The van der Waals surface area contributed by atoms with Crippen molar-refractivity contribution >= 4 is 5.91 Å². The number of aliphatic hydroxyl groups is 1. The van der Waals surface area contributed by atoms with Gasteiger partial charge in [-0.05, 0) is 18.9 Å². The summed E-state index contributed by atoms with van der Waals surface area (Å²) in [6, 6.07) is 2.08. The molecule has 1 aromatic rings. The maximum atomic E-state index is 12.8. The Morgan fingerprint density at radius 1 is 1.59 bits per heavy atom. The van der Waals surface area contributed by atoms with Gasteiger partial charge in [0.25, 0.3) is 5.91 Å². The zero-order chi connectivity index (χ0) is 12.3. The van der Waals surface area contributed by atoms with Gasteiger partial charge in [-0.3, -0.25) is 4.79 Å². The minimum atomic E-state index is -0.697. The lowest BCUT2D eigenvalue weighted by Crippen LogP contribution is -2.43. The summed E-state index contributed by atoms with van der Waals surface area (Å²) in [4.78, 5) is 15.1. The van der Waals surface area contributed by atoms with Gasteiger partial charge in [0, 0.05) is 17.8 Å². The Morgan fingerprint density at radius 2 is 2.41 bits per heavy atom. The summed E-state index contributed by atoms with van der Waals surface area (Å²) in [5.41, 5.74) is 0.198. The molecule has 1 heterocycles. The predicted octanol–water partition coefficient (Wildman–Crippen LogP) is 1.03. The first kappa shape index (κ1) is 11.7. The molecule has 4 nitrogen and oxygen atoms in total. The van der Waals surface area contributed by atoms with Crippen molar-refractivity contribution in [3.05, 3.63) is 42.0 Å². The van der Waals surface area contributed by atoms with Crippen molar-refractivity contribution in [2.75, 3.05) is 0 Å². The number of carbonyl (C=O) groups is 1. The number of aromatic nitrogens is 1. The highest BCUT2D eigenvalue weighted by molar-refractivity contribution is 5.94. The Kier molecular flexibility index (Phi) is 3.49. The van der Waals surface area contributed by atoms with Gasteiger partial charge < -0.3 is 10.4 Å². The smallest absolute Gasteiger partial charge is 0.252 e. The lowest BCUT2D eigenvalue weighted by Gasteiger charge is -2.23. The normalized spacial score (nSPS) is 23.4. The molecule has 1 aromatic heterocycles. The second-order valence-electron chi connectivity index (χ2n) is 3.94. The summed E-state index contributed by atoms with van der Waals surface area (Å²) in [6.07, 6.45) is 5.73. The second-order valence-corrected chi connectivity index (χ2v) is 3.94. The molecule has 1 aliphatic rings. The lowest BCUT2D eigenvalue weighted by molar-refractivity contribution is 0.0855. The third-order valence-electron chi connectivity index (χ3n) is 2.67. The highest BCUT2D eigenvalue weighted by atomic mass is 19.1. The van der Waals surface area contributed by atoms with Crippen LogP contribution in [0.1, 0.15) is 23.2 Å². The van der Waals surface area contributed by atoms with E-state index in [2.05, 4.69) is 10.3 Å². The van der Waals surface area contributed by atoms with E-state index in [0.29, 0.717) is 6.42 Å². The van der Waals surface area contributed by atoms with Crippen LogP contribution < -0.4 is 5.32 Å².